The molecule has 0 radical (unpaired) electrons. The fraction of sp³-hybridized carbons (Fsp3) is 0.400. The normalized spacial score (nSPS) is 11.8. The van der Waals surface area contributed by atoms with Gasteiger partial charge in [0, 0.05) is 3.57 Å². The molecule has 106 valence electrons. The van der Waals surface area contributed by atoms with Crippen LogP contribution in [0.5, 0.6) is 0 Å². The molecule has 0 bridgehead atoms. The van der Waals surface area contributed by atoms with Crippen LogP contribution in [-0.2, 0) is 22.1 Å². The Labute approximate surface area is 118 Å². The lowest BCUT2D eigenvalue weighted by Crippen LogP contribution is -2.17. The van der Waals surface area contributed by atoms with E-state index < -0.39 is 41.9 Å². The van der Waals surface area contributed by atoms with E-state index in [0.29, 0.717) is 6.07 Å². The number of ether oxygens (including phenoxy) is 1. The van der Waals surface area contributed by atoms with Crippen LogP contribution in [0.4, 0.5) is 22.0 Å². The zero-order valence-electron chi connectivity index (χ0n) is 9.39. The molecule has 0 N–H and O–H groups in total. The van der Waals surface area contributed by atoms with Crippen LogP contribution in [0.2, 0.25) is 0 Å². The summed E-state index contributed by atoms with van der Waals surface area (Å²) >= 11 is 1.34. The molecule has 0 aliphatic rings. The number of nitrogens with zero attached hydrogens (tertiary/aromatic N) is 1. The van der Waals surface area contributed by atoms with E-state index in [9.17, 15) is 26.7 Å². The first-order valence-corrected chi connectivity index (χ1v) is 5.86. The summed E-state index contributed by atoms with van der Waals surface area (Å²) in [5.74, 6) is -0.987. The molecule has 1 aromatic heterocycles. The summed E-state index contributed by atoms with van der Waals surface area (Å²) in [4.78, 5) is 14.3. The molecule has 0 aliphatic carbocycles. The summed E-state index contributed by atoms with van der Waals surface area (Å²) in [5.41, 5.74) is -2.77. The molecule has 0 amide bonds. The minimum Gasteiger partial charge on any atom is -0.469 e. The second kappa shape index (κ2) is 5.97. The second-order valence-electron chi connectivity index (χ2n) is 3.40. The SMILES string of the molecule is COC(=O)Cc1nc(C(F)F)c(I)cc1C(F)(F)F. The van der Waals surface area contributed by atoms with E-state index in [4.69, 9.17) is 0 Å². The van der Waals surface area contributed by atoms with Crippen molar-refractivity contribution in [3.63, 3.8) is 0 Å². The summed E-state index contributed by atoms with van der Waals surface area (Å²) in [6.07, 6.45) is -8.62. The minimum atomic E-state index is -4.78. The third-order valence-electron chi connectivity index (χ3n) is 2.13. The van der Waals surface area contributed by atoms with E-state index in [2.05, 4.69) is 9.72 Å². The number of aromatic nitrogens is 1. The van der Waals surface area contributed by atoms with Crippen LogP contribution >= 0.6 is 22.6 Å². The van der Waals surface area contributed by atoms with Gasteiger partial charge in [-0.3, -0.25) is 4.79 Å². The molecule has 0 aromatic carbocycles. The van der Waals surface area contributed by atoms with Gasteiger partial charge in [-0.25, -0.2) is 13.8 Å². The topological polar surface area (TPSA) is 39.2 Å². The average Bonchev–Trinajstić information content (AvgIpc) is 2.28. The van der Waals surface area contributed by atoms with Crippen molar-refractivity contribution in [1.82, 2.24) is 4.98 Å². The first kappa shape index (κ1) is 16.1. The fourth-order valence-corrected chi connectivity index (χ4v) is 1.95. The standard InChI is InChI=1S/C10H7F5INO2/c1-19-7(18)3-6-4(10(13,14)15)2-5(16)8(17-6)9(11)12/h2,9H,3H2,1H3. The van der Waals surface area contributed by atoms with Crippen LogP contribution < -0.4 is 0 Å². The maximum atomic E-state index is 12.7. The van der Waals surface area contributed by atoms with Gasteiger partial charge in [-0.2, -0.15) is 13.2 Å². The van der Waals surface area contributed by atoms with Gasteiger partial charge in [-0.15, -0.1) is 0 Å². The third-order valence-corrected chi connectivity index (χ3v) is 3.00. The smallest absolute Gasteiger partial charge is 0.418 e. The Bertz CT molecular complexity index is 490. The highest BCUT2D eigenvalue weighted by molar-refractivity contribution is 14.1. The lowest BCUT2D eigenvalue weighted by molar-refractivity contribution is -0.141. The molecule has 0 saturated carbocycles. The lowest BCUT2D eigenvalue weighted by Gasteiger charge is -2.14. The molecule has 9 heteroatoms. The number of carbonyl (C=O) groups is 1. The van der Waals surface area contributed by atoms with Crippen molar-refractivity contribution in [2.45, 2.75) is 19.0 Å². The van der Waals surface area contributed by atoms with Crippen LogP contribution in [0.25, 0.3) is 0 Å². The second-order valence-corrected chi connectivity index (χ2v) is 4.56. The number of alkyl halides is 5. The van der Waals surface area contributed by atoms with E-state index in [0.717, 1.165) is 7.11 Å². The number of methoxy groups -OCH3 is 1. The van der Waals surface area contributed by atoms with Gasteiger partial charge in [0.15, 0.2) is 0 Å². The number of rotatable bonds is 3. The summed E-state index contributed by atoms with van der Waals surface area (Å²) in [5, 5.41) is 0. The Balaban J connectivity index is 3.37. The molecule has 0 aliphatic heterocycles. The number of halogens is 6. The van der Waals surface area contributed by atoms with Crippen molar-refractivity contribution < 1.29 is 31.5 Å². The highest BCUT2D eigenvalue weighted by Gasteiger charge is 2.36. The van der Waals surface area contributed by atoms with Crippen molar-refractivity contribution in [3.8, 4) is 0 Å². The molecule has 0 atom stereocenters. The molecule has 1 aromatic rings. The molecular weight excluding hydrogens is 388 g/mol. The largest absolute Gasteiger partial charge is 0.469 e. The van der Waals surface area contributed by atoms with E-state index in [1.165, 1.54) is 22.6 Å². The highest BCUT2D eigenvalue weighted by Crippen LogP contribution is 2.35. The van der Waals surface area contributed by atoms with Crippen molar-refractivity contribution in [2.75, 3.05) is 7.11 Å². The first-order valence-electron chi connectivity index (χ1n) is 4.78. The minimum absolute atomic E-state index is 0.312. The van der Waals surface area contributed by atoms with E-state index in [-0.39, 0.29) is 3.57 Å². The van der Waals surface area contributed by atoms with Crippen molar-refractivity contribution in [2.24, 2.45) is 0 Å². The van der Waals surface area contributed by atoms with Gasteiger partial charge in [-0.05, 0) is 28.7 Å². The van der Waals surface area contributed by atoms with Crippen molar-refractivity contribution in [1.29, 1.82) is 0 Å². The van der Waals surface area contributed by atoms with Gasteiger partial charge in [-0.1, -0.05) is 0 Å². The maximum Gasteiger partial charge on any atom is 0.418 e. The van der Waals surface area contributed by atoms with Crippen LogP contribution in [0.1, 0.15) is 23.4 Å². The van der Waals surface area contributed by atoms with Crippen LogP contribution in [0.15, 0.2) is 6.07 Å². The quantitative estimate of drug-likeness (QED) is 0.448. The molecule has 3 nitrogen and oxygen atoms in total. The lowest BCUT2D eigenvalue weighted by atomic mass is 10.1. The molecule has 1 heterocycles. The molecule has 0 fully saturated rings. The predicted octanol–water partition coefficient (Wildman–Crippen LogP) is 3.36. The molecule has 0 spiro atoms. The van der Waals surface area contributed by atoms with Gasteiger partial charge in [0.2, 0.25) is 0 Å². The summed E-state index contributed by atoms with van der Waals surface area (Å²) in [6.45, 7) is 0. The first-order chi connectivity index (χ1) is 8.66. The Morgan fingerprint density at radius 3 is 2.47 bits per heavy atom. The van der Waals surface area contributed by atoms with E-state index in [1.54, 1.807) is 0 Å². The predicted molar refractivity (Wildman–Crippen MR) is 62.6 cm³/mol. The molecular formula is C10H7F5INO2. The van der Waals surface area contributed by atoms with Gasteiger partial charge >= 0.3 is 12.1 Å². The Morgan fingerprint density at radius 1 is 1.47 bits per heavy atom. The summed E-state index contributed by atoms with van der Waals surface area (Å²) in [6, 6.07) is 0.549. The number of carbonyl (C=O) groups excluding carboxylic acids is 1. The van der Waals surface area contributed by atoms with Crippen LogP contribution in [0, 0.1) is 3.57 Å². The van der Waals surface area contributed by atoms with E-state index in [1.807, 2.05) is 0 Å². The number of hydrogen-bond donors (Lipinski definition) is 0. The third kappa shape index (κ3) is 3.98. The Hall–Kier alpha value is -1.00. The van der Waals surface area contributed by atoms with Gasteiger partial charge in [0.25, 0.3) is 6.43 Å². The van der Waals surface area contributed by atoms with E-state index >= 15 is 0 Å². The molecule has 1 rings (SSSR count). The zero-order chi connectivity index (χ0) is 14.8. The number of pyridine rings is 1. The van der Waals surface area contributed by atoms with Crippen LogP contribution in [-0.4, -0.2) is 18.1 Å². The van der Waals surface area contributed by atoms with Gasteiger partial charge in [0.05, 0.1) is 24.8 Å². The number of hydrogen-bond acceptors (Lipinski definition) is 3. The highest BCUT2D eigenvalue weighted by atomic mass is 127. The average molecular weight is 395 g/mol. The van der Waals surface area contributed by atoms with Gasteiger partial charge in [0.1, 0.15) is 5.69 Å². The maximum absolute atomic E-state index is 12.7. The Morgan fingerprint density at radius 2 is 2.05 bits per heavy atom. The van der Waals surface area contributed by atoms with Crippen molar-refractivity contribution in [3.05, 3.63) is 26.6 Å². The number of esters is 1. The van der Waals surface area contributed by atoms with Crippen molar-refractivity contribution >= 4 is 28.6 Å². The summed E-state index contributed by atoms with van der Waals surface area (Å²) < 4.78 is 67.3. The zero-order valence-corrected chi connectivity index (χ0v) is 11.6. The van der Waals surface area contributed by atoms with Crippen LogP contribution in [0.3, 0.4) is 0 Å². The van der Waals surface area contributed by atoms with Gasteiger partial charge < -0.3 is 4.74 Å². The monoisotopic (exact) mass is 395 g/mol. The molecule has 0 unspecified atom stereocenters. The molecule has 0 saturated heterocycles. The summed E-state index contributed by atoms with van der Waals surface area (Å²) in [7, 11) is 0.982. The molecule has 19 heavy (non-hydrogen) atoms. The fourth-order valence-electron chi connectivity index (χ4n) is 1.29. The Kier molecular flexibility index (Phi) is 5.04.